The van der Waals surface area contributed by atoms with Crippen molar-refractivity contribution in [3.05, 3.63) is 29.5 Å². The molecule has 1 aromatic carbocycles. The topological polar surface area (TPSA) is 75.0 Å². The zero-order valence-electron chi connectivity index (χ0n) is 12.6. The third-order valence-electron chi connectivity index (χ3n) is 4.54. The number of amides is 1. The van der Waals surface area contributed by atoms with Gasteiger partial charge in [0.05, 0.1) is 5.52 Å². The number of carbonyl (C=O) groups excluding carboxylic acids is 1. The number of aryl methyl sites for hydroxylation is 1. The summed E-state index contributed by atoms with van der Waals surface area (Å²) in [6, 6.07) is 6.10. The molecule has 0 spiro atoms. The third kappa shape index (κ3) is 2.42. The molecule has 1 aliphatic rings. The highest BCUT2D eigenvalue weighted by atomic mass is 16.2. The number of likely N-dealkylation sites (tertiary alicyclic amines) is 1. The number of H-pyrrole nitrogens is 1. The first-order chi connectivity index (χ1) is 10.1. The van der Waals surface area contributed by atoms with Crippen LogP contribution in [0.2, 0.25) is 0 Å². The first-order valence-electron chi connectivity index (χ1n) is 7.57. The van der Waals surface area contributed by atoms with Crippen LogP contribution in [0.5, 0.6) is 0 Å². The molecular formula is C16H22N4O. The number of rotatable bonds is 2. The van der Waals surface area contributed by atoms with Gasteiger partial charge >= 0.3 is 0 Å². The fourth-order valence-electron chi connectivity index (χ4n) is 3.29. The highest BCUT2D eigenvalue weighted by Crippen LogP contribution is 2.26. The maximum absolute atomic E-state index is 12.9. The van der Waals surface area contributed by atoms with E-state index in [4.69, 9.17) is 5.73 Å². The number of fused-ring (bicyclic) bond motifs is 1. The van der Waals surface area contributed by atoms with Crippen molar-refractivity contribution < 1.29 is 4.79 Å². The van der Waals surface area contributed by atoms with E-state index in [0.29, 0.717) is 18.2 Å². The number of aromatic nitrogens is 2. The number of nitrogens with zero attached hydrogens (tertiary/aromatic N) is 2. The predicted molar refractivity (Wildman–Crippen MR) is 83.1 cm³/mol. The molecule has 1 fully saturated rings. The molecule has 5 nitrogen and oxygen atoms in total. The average Bonchev–Trinajstić information content (AvgIpc) is 2.89. The molecule has 112 valence electrons. The third-order valence-corrected chi connectivity index (χ3v) is 4.54. The summed E-state index contributed by atoms with van der Waals surface area (Å²) < 4.78 is 0. The van der Waals surface area contributed by atoms with E-state index in [1.807, 2.05) is 30.0 Å². The van der Waals surface area contributed by atoms with Crippen LogP contribution in [-0.2, 0) is 0 Å². The van der Waals surface area contributed by atoms with Gasteiger partial charge in [-0.25, -0.2) is 0 Å². The Morgan fingerprint density at radius 1 is 1.52 bits per heavy atom. The maximum Gasteiger partial charge on any atom is 0.275 e. The minimum absolute atomic E-state index is 0.00569. The molecule has 0 bridgehead atoms. The van der Waals surface area contributed by atoms with Crippen LogP contribution in [0.3, 0.4) is 0 Å². The van der Waals surface area contributed by atoms with E-state index in [1.54, 1.807) is 0 Å². The van der Waals surface area contributed by atoms with Crippen LogP contribution in [0.4, 0.5) is 0 Å². The first kappa shape index (κ1) is 14.1. The van der Waals surface area contributed by atoms with Crippen LogP contribution in [0.15, 0.2) is 18.2 Å². The van der Waals surface area contributed by atoms with Crippen molar-refractivity contribution in [3.63, 3.8) is 0 Å². The van der Waals surface area contributed by atoms with Crippen molar-refractivity contribution in [3.8, 4) is 0 Å². The van der Waals surface area contributed by atoms with Crippen LogP contribution < -0.4 is 5.73 Å². The number of aromatic amines is 1. The van der Waals surface area contributed by atoms with Gasteiger partial charge in [-0.2, -0.15) is 5.10 Å². The van der Waals surface area contributed by atoms with E-state index in [-0.39, 0.29) is 11.9 Å². The van der Waals surface area contributed by atoms with E-state index in [0.717, 1.165) is 35.9 Å². The minimum atomic E-state index is -0.00569. The predicted octanol–water partition coefficient (Wildman–Crippen LogP) is 2.07. The lowest BCUT2D eigenvalue weighted by molar-refractivity contribution is 0.0528. The summed E-state index contributed by atoms with van der Waals surface area (Å²) in [4.78, 5) is 14.8. The van der Waals surface area contributed by atoms with Crippen molar-refractivity contribution in [2.75, 3.05) is 13.1 Å². The van der Waals surface area contributed by atoms with Crippen molar-refractivity contribution in [2.45, 2.75) is 32.7 Å². The molecule has 1 amide bonds. The SMILES string of the molecule is Cc1ccc2[nH]nc(C(=O)N3CCC[C@H](C)[C@@H]3CN)c2c1. The molecule has 2 atom stereocenters. The molecule has 3 N–H and O–H groups in total. The number of nitrogens with two attached hydrogens (primary N) is 1. The maximum atomic E-state index is 12.9. The van der Waals surface area contributed by atoms with Gasteiger partial charge in [0, 0.05) is 24.5 Å². The molecule has 21 heavy (non-hydrogen) atoms. The van der Waals surface area contributed by atoms with Gasteiger partial charge in [-0.1, -0.05) is 18.6 Å². The first-order valence-corrected chi connectivity index (χ1v) is 7.57. The minimum Gasteiger partial charge on any atom is -0.333 e. The Kier molecular flexibility index (Phi) is 3.68. The number of nitrogens with one attached hydrogen (secondary N) is 1. The Hall–Kier alpha value is -1.88. The van der Waals surface area contributed by atoms with Gasteiger partial charge in [0.1, 0.15) is 0 Å². The van der Waals surface area contributed by atoms with E-state index >= 15 is 0 Å². The van der Waals surface area contributed by atoms with Crippen molar-refractivity contribution in [2.24, 2.45) is 11.7 Å². The Balaban J connectivity index is 1.97. The van der Waals surface area contributed by atoms with Crippen molar-refractivity contribution >= 4 is 16.8 Å². The lowest BCUT2D eigenvalue weighted by Crippen LogP contribution is -2.51. The van der Waals surface area contributed by atoms with Crippen LogP contribution in [0.25, 0.3) is 10.9 Å². The van der Waals surface area contributed by atoms with Gasteiger partial charge in [0.2, 0.25) is 0 Å². The second-order valence-corrected chi connectivity index (χ2v) is 6.04. The molecule has 3 rings (SSSR count). The average molecular weight is 286 g/mol. The highest BCUT2D eigenvalue weighted by Gasteiger charge is 2.32. The lowest BCUT2D eigenvalue weighted by Gasteiger charge is -2.39. The number of hydrogen-bond donors (Lipinski definition) is 2. The van der Waals surface area contributed by atoms with E-state index in [2.05, 4.69) is 17.1 Å². The largest absolute Gasteiger partial charge is 0.333 e. The Labute approximate surface area is 124 Å². The summed E-state index contributed by atoms with van der Waals surface area (Å²) in [7, 11) is 0. The normalized spacial score (nSPS) is 22.7. The van der Waals surface area contributed by atoms with Crippen molar-refractivity contribution in [1.29, 1.82) is 0 Å². The number of piperidine rings is 1. The van der Waals surface area contributed by atoms with Crippen LogP contribution in [0, 0.1) is 12.8 Å². The molecule has 0 saturated carbocycles. The Morgan fingerprint density at radius 2 is 2.33 bits per heavy atom. The smallest absolute Gasteiger partial charge is 0.275 e. The molecule has 1 aliphatic heterocycles. The highest BCUT2D eigenvalue weighted by molar-refractivity contribution is 6.05. The number of carbonyl (C=O) groups is 1. The van der Waals surface area contributed by atoms with Gasteiger partial charge in [0.25, 0.3) is 5.91 Å². The molecule has 0 radical (unpaired) electrons. The summed E-state index contributed by atoms with van der Waals surface area (Å²) in [6.07, 6.45) is 2.16. The standard InChI is InChI=1S/C16H22N4O/c1-10-5-6-13-12(8-10)15(19-18-13)16(21)20-7-3-4-11(2)14(20)9-17/h5-6,8,11,14H,3-4,7,9,17H2,1-2H3,(H,18,19)/t11-,14-/m0/s1. The monoisotopic (exact) mass is 286 g/mol. The Morgan fingerprint density at radius 3 is 3.10 bits per heavy atom. The molecule has 0 unspecified atom stereocenters. The second kappa shape index (κ2) is 5.48. The molecular weight excluding hydrogens is 264 g/mol. The van der Waals surface area contributed by atoms with Crippen LogP contribution in [-0.4, -0.2) is 40.1 Å². The molecule has 0 aliphatic carbocycles. The van der Waals surface area contributed by atoms with Crippen LogP contribution >= 0.6 is 0 Å². The summed E-state index contributed by atoms with van der Waals surface area (Å²) in [5, 5.41) is 8.10. The van der Waals surface area contributed by atoms with Gasteiger partial charge in [-0.15, -0.1) is 0 Å². The lowest BCUT2D eigenvalue weighted by atomic mass is 9.90. The number of hydrogen-bond acceptors (Lipinski definition) is 3. The van der Waals surface area contributed by atoms with Gasteiger partial charge in [-0.3, -0.25) is 9.89 Å². The van der Waals surface area contributed by atoms with Crippen molar-refractivity contribution in [1.82, 2.24) is 15.1 Å². The summed E-state index contributed by atoms with van der Waals surface area (Å²) in [5.74, 6) is 0.438. The zero-order valence-corrected chi connectivity index (χ0v) is 12.6. The quantitative estimate of drug-likeness (QED) is 0.887. The molecule has 1 aromatic heterocycles. The molecule has 5 heteroatoms. The Bertz CT molecular complexity index is 663. The van der Waals surface area contributed by atoms with Crippen LogP contribution in [0.1, 0.15) is 35.8 Å². The fraction of sp³-hybridized carbons (Fsp3) is 0.500. The molecule has 2 aromatic rings. The second-order valence-electron chi connectivity index (χ2n) is 6.04. The zero-order chi connectivity index (χ0) is 15.0. The van der Waals surface area contributed by atoms with Gasteiger partial charge in [-0.05, 0) is 37.8 Å². The van der Waals surface area contributed by atoms with E-state index in [9.17, 15) is 4.79 Å². The molecule has 1 saturated heterocycles. The summed E-state index contributed by atoms with van der Waals surface area (Å²) in [5.41, 5.74) is 8.43. The van der Waals surface area contributed by atoms with E-state index < -0.39 is 0 Å². The van der Waals surface area contributed by atoms with Gasteiger partial charge < -0.3 is 10.6 Å². The summed E-state index contributed by atoms with van der Waals surface area (Å²) >= 11 is 0. The molecule has 2 heterocycles. The number of benzene rings is 1. The fourth-order valence-corrected chi connectivity index (χ4v) is 3.29. The van der Waals surface area contributed by atoms with Gasteiger partial charge in [0.15, 0.2) is 5.69 Å². The van der Waals surface area contributed by atoms with E-state index in [1.165, 1.54) is 0 Å². The summed E-state index contributed by atoms with van der Waals surface area (Å²) in [6.45, 7) is 5.47.